The van der Waals surface area contributed by atoms with Gasteiger partial charge in [0.2, 0.25) is 0 Å². The molecule has 0 atom stereocenters. The summed E-state index contributed by atoms with van der Waals surface area (Å²) in [4.78, 5) is 11.9. The fraction of sp³-hybridized carbons (Fsp3) is 0.462. The highest BCUT2D eigenvalue weighted by molar-refractivity contribution is 5.96. The highest BCUT2D eigenvalue weighted by atomic mass is 16.5. The lowest BCUT2D eigenvalue weighted by molar-refractivity contribution is -0.133. The van der Waals surface area contributed by atoms with E-state index in [1.807, 2.05) is 6.07 Å². The average molecular weight is 252 g/mol. The summed E-state index contributed by atoms with van der Waals surface area (Å²) in [5, 5.41) is 2.77. The first-order valence-electron chi connectivity index (χ1n) is 5.79. The number of hydrogen-bond donors (Lipinski definition) is 2. The molecule has 3 N–H and O–H groups in total. The Labute approximate surface area is 107 Å². The van der Waals surface area contributed by atoms with Crippen LogP contribution in [0.25, 0.3) is 0 Å². The maximum atomic E-state index is 11.9. The van der Waals surface area contributed by atoms with Gasteiger partial charge >= 0.3 is 0 Å². The largest absolute Gasteiger partial charge is 0.492 e. The number of anilines is 1. The quantitative estimate of drug-likeness (QED) is 0.802. The van der Waals surface area contributed by atoms with Crippen LogP contribution in [0.2, 0.25) is 0 Å². The normalized spacial score (nSPS) is 11.1. The van der Waals surface area contributed by atoms with E-state index in [0.29, 0.717) is 24.6 Å². The van der Waals surface area contributed by atoms with Gasteiger partial charge in [-0.2, -0.15) is 0 Å². The fourth-order valence-corrected chi connectivity index (χ4v) is 1.21. The van der Waals surface area contributed by atoms with Crippen LogP contribution in [-0.4, -0.2) is 31.8 Å². The van der Waals surface area contributed by atoms with Gasteiger partial charge in [-0.15, -0.1) is 0 Å². The summed E-state index contributed by atoms with van der Waals surface area (Å²) in [6, 6.07) is 7.16. The van der Waals surface area contributed by atoms with Gasteiger partial charge < -0.3 is 20.5 Å². The molecule has 0 heterocycles. The minimum absolute atomic E-state index is 0.207. The molecular weight excluding hydrogens is 232 g/mol. The van der Waals surface area contributed by atoms with Crippen molar-refractivity contribution in [3.63, 3.8) is 0 Å². The van der Waals surface area contributed by atoms with Crippen molar-refractivity contribution in [3.05, 3.63) is 24.3 Å². The molecular formula is C13H20N2O3. The number of nitrogens with one attached hydrogen (secondary N) is 1. The minimum atomic E-state index is -0.867. The predicted molar refractivity (Wildman–Crippen MR) is 70.7 cm³/mol. The molecule has 1 amide bonds. The second-order valence-electron chi connectivity index (χ2n) is 4.33. The van der Waals surface area contributed by atoms with Crippen LogP contribution in [0.1, 0.15) is 13.8 Å². The van der Waals surface area contributed by atoms with Crippen LogP contribution in [0.4, 0.5) is 5.69 Å². The lowest BCUT2D eigenvalue weighted by Crippen LogP contribution is -2.38. The number of ether oxygens (including phenoxy) is 2. The Morgan fingerprint density at radius 3 is 2.78 bits per heavy atom. The number of methoxy groups -OCH3 is 1. The van der Waals surface area contributed by atoms with Crippen LogP contribution in [0.3, 0.4) is 0 Å². The van der Waals surface area contributed by atoms with Crippen molar-refractivity contribution < 1.29 is 14.3 Å². The van der Waals surface area contributed by atoms with Gasteiger partial charge in [0.25, 0.3) is 5.91 Å². The Balaban J connectivity index is 2.70. The summed E-state index contributed by atoms with van der Waals surface area (Å²) < 4.78 is 10.5. The lowest BCUT2D eigenvalue weighted by Gasteiger charge is -2.21. The number of benzene rings is 1. The van der Waals surface area contributed by atoms with E-state index in [1.165, 1.54) is 7.11 Å². The molecule has 0 saturated carbocycles. The summed E-state index contributed by atoms with van der Waals surface area (Å²) in [5.41, 5.74) is 5.16. The number of hydrogen-bond acceptors (Lipinski definition) is 4. The molecule has 0 aliphatic heterocycles. The van der Waals surface area contributed by atoms with Crippen molar-refractivity contribution in [2.75, 3.05) is 25.6 Å². The third-order valence-electron chi connectivity index (χ3n) is 2.54. The summed E-state index contributed by atoms with van der Waals surface area (Å²) in [6.45, 7) is 4.31. The fourth-order valence-electron chi connectivity index (χ4n) is 1.21. The first-order chi connectivity index (χ1) is 8.49. The highest BCUT2D eigenvalue weighted by Gasteiger charge is 2.26. The van der Waals surface area contributed by atoms with Crippen LogP contribution in [-0.2, 0) is 9.53 Å². The Kier molecular flexibility index (Phi) is 5.12. The molecule has 100 valence electrons. The Morgan fingerprint density at radius 2 is 2.17 bits per heavy atom. The number of amides is 1. The topological polar surface area (TPSA) is 73.6 Å². The molecule has 5 heteroatoms. The zero-order valence-corrected chi connectivity index (χ0v) is 11.0. The van der Waals surface area contributed by atoms with Crippen molar-refractivity contribution in [1.82, 2.24) is 0 Å². The van der Waals surface area contributed by atoms with E-state index in [9.17, 15) is 4.79 Å². The minimum Gasteiger partial charge on any atom is -0.492 e. The smallest absolute Gasteiger partial charge is 0.256 e. The molecule has 0 aliphatic carbocycles. The molecule has 1 aromatic carbocycles. The van der Waals surface area contributed by atoms with Gasteiger partial charge in [-0.3, -0.25) is 4.79 Å². The van der Waals surface area contributed by atoms with E-state index in [1.54, 1.807) is 32.0 Å². The first-order valence-corrected chi connectivity index (χ1v) is 5.79. The van der Waals surface area contributed by atoms with E-state index in [0.717, 1.165) is 0 Å². The van der Waals surface area contributed by atoms with E-state index in [-0.39, 0.29) is 5.91 Å². The molecule has 0 saturated heterocycles. The van der Waals surface area contributed by atoms with Crippen molar-refractivity contribution in [2.45, 2.75) is 19.4 Å². The maximum Gasteiger partial charge on any atom is 0.256 e. The molecule has 0 fully saturated rings. The van der Waals surface area contributed by atoms with E-state index >= 15 is 0 Å². The zero-order chi connectivity index (χ0) is 13.6. The van der Waals surface area contributed by atoms with Crippen LogP contribution in [0.15, 0.2) is 24.3 Å². The Morgan fingerprint density at radius 1 is 1.44 bits per heavy atom. The Bertz CT molecular complexity index is 405. The second-order valence-corrected chi connectivity index (χ2v) is 4.33. The third kappa shape index (κ3) is 4.01. The summed E-state index contributed by atoms with van der Waals surface area (Å²) in [7, 11) is 1.50. The second kappa shape index (κ2) is 6.37. The SMILES string of the molecule is COC(C)(C)C(=O)Nc1cccc(OCCN)c1. The average Bonchev–Trinajstić information content (AvgIpc) is 2.36. The highest BCUT2D eigenvalue weighted by Crippen LogP contribution is 2.19. The zero-order valence-electron chi connectivity index (χ0n) is 11.0. The van der Waals surface area contributed by atoms with Crippen molar-refractivity contribution in [1.29, 1.82) is 0 Å². The van der Waals surface area contributed by atoms with Crippen molar-refractivity contribution in [2.24, 2.45) is 5.73 Å². The Hall–Kier alpha value is -1.59. The number of carbonyl (C=O) groups is 1. The first kappa shape index (κ1) is 14.5. The summed E-state index contributed by atoms with van der Waals surface area (Å²) in [5.74, 6) is 0.467. The van der Waals surface area contributed by atoms with Crippen molar-refractivity contribution >= 4 is 11.6 Å². The molecule has 5 nitrogen and oxygen atoms in total. The third-order valence-corrected chi connectivity index (χ3v) is 2.54. The standard InChI is InChI=1S/C13H20N2O3/c1-13(2,17-3)12(16)15-10-5-4-6-11(9-10)18-8-7-14/h4-6,9H,7-8,14H2,1-3H3,(H,15,16). The van der Waals surface area contributed by atoms with Gasteiger partial charge in [0, 0.05) is 25.4 Å². The van der Waals surface area contributed by atoms with Crippen LogP contribution < -0.4 is 15.8 Å². The molecule has 0 aliphatic rings. The van der Waals surface area contributed by atoms with E-state index < -0.39 is 5.60 Å². The molecule has 1 aromatic rings. The molecule has 18 heavy (non-hydrogen) atoms. The monoisotopic (exact) mass is 252 g/mol. The van der Waals surface area contributed by atoms with Crippen LogP contribution in [0.5, 0.6) is 5.75 Å². The number of rotatable bonds is 6. The van der Waals surface area contributed by atoms with Gasteiger partial charge in [-0.05, 0) is 26.0 Å². The van der Waals surface area contributed by atoms with Gasteiger partial charge in [0.1, 0.15) is 18.0 Å². The molecule has 0 unspecified atom stereocenters. The van der Waals surface area contributed by atoms with E-state index in [4.69, 9.17) is 15.2 Å². The van der Waals surface area contributed by atoms with Crippen molar-refractivity contribution in [3.8, 4) is 5.75 Å². The van der Waals surface area contributed by atoms with Gasteiger partial charge in [0.05, 0.1) is 0 Å². The molecule has 1 rings (SSSR count). The number of nitrogens with two attached hydrogens (primary N) is 1. The van der Waals surface area contributed by atoms with Crippen LogP contribution >= 0.6 is 0 Å². The maximum absolute atomic E-state index is 11.9. The van der Waals surface area contributed by atoms with Gasteiger partial charge in [0.15, 0.2) is 0 Å². The summed E-state index contributed by atoms with van der Waals surface area (Å²) >= 11 is 0. The van der Waals surface area contributed by atoms with Gasteiger partial charge in [-0.1, -0.05) is 6.07 Å². The summed E-state index contributed by atoms with van der Waals surface area (Å²) in [6.07, 6.45) is 0. The molecule has 0 spiro atoms. The molecule has 0 aromatic heterocycles. The van der Waals surface area contributed by atoms with Crippen LogP contribution in [0, 0.1) is 0 Å². The lowest BCUT2D eigenvalue weighted by atomic mass is 10.1. The number of carbonyl (C=O) groups excluding carboxylic acids is 1. The predicted octanol–water partition coefficient (Wildman–Crippen LogP) is 1.39. The van der Waals surface area contributed by atoms with E-state index in [2.05, 4.69) is 5.32 Å². The molecule has 0 radical (unpaired) electrons. The molecule has 0 bridgehead atoms. The van der Waals surface area contributed by atoms with Gasteiger partial charge in [-0.25, -0.2) is 0 Å².